The molecule has 3 nitrogen and oxygen atoms in total. The van der Waals surface area contributed by atoms with Crippen LogP contribution in [0.5, 0.6) is 0 Å². The van der Waals surface area contributed by atoms with Gasteiger partial charge in [-0.3, -0.25) is 4.21 Å². The molecule has 0 aliphatic heterocycles. The maximum atomic E-state index is 11.0. The molecule has 1 unspecified atom stereocenters. The smallest absolute Gasteiger partial charge is 0.0501 e. The Hall–Kier alpha value is -1.29. The quantitative estimate of drug-likeness (QED) is 0.802. The van der Waals surface area contributed by atoms with Crippen molar-refractivity contribution in [3.05, 3.63) is 30.5 Å². The van der Waals surface area contributed by atoms with Crippen LogP contribution in [0.1, 0.15) is 0 Å². The number of hydrogen-bond acceptors (Lipinski definition) is 2. The summed E-state index contributed by atoms with van der Waals surface area (Å²) < 4.78 is 13.1. The molecule has 0 fully saturated rings. The minimum atomic E-state index is -0.751. The molecule has 0 aliphatic carbocycles. The number of aryl methyl sites for hydroxylation is 1. The van der Waals surface area contributed by atoms with Crippen molar-refractivity contribution in [2.24, 2.45) is 0 Å². The van der Waals surface area contributed by atoms with Crippen LogP contribution in [0.2, 0.25) is 0 Å². The Morgan fingerprint density at radius 2 is 2.20 bits per heavy atom. The summed E-state index contributed by atoms with van der Waals surface area (Å²) in [7, 11) is -0.751. The van der Waals surface area contributed by atoms with E-state index in [2.05, 4.69) is 4.57 Å². The number of nitrogen functional groups attached to an aromatic ring is 1. The van der Waals surface area contributed by atoms with Crippen molar-refractivity contribution in [1.29, 1.82) is 0 Å². The van der Waals surface area contributed by atoms with Crippen LogP contribution >= 0.6 is 0 Å². The van der Waals surface area contributed by atoms with E-state index in [9.17, 15) is 4.21 Å². The van der Waals surface area contributed by atoms with Gasteiger partial charge in [-0.1, -0.05) is 6.07 Å². The summed E-state index contributed by atoms with van der Waals surface area (Å²) in [5.41, 5.74) is 7.76. The molecule has 15 heavy (non-hydrogen) atoms. The number of aromatic nitrogens is 1. The maximum absolute atomic E-state index is 11.0. The standard InChI is InChI=1S/C11H14N2OS/c1-15(14)8-7-13-6-5-9-10(12)3-2-4-11(9)13/h2-6H,7-8,12H2,1H3. The van der Waals surface area contributed by atoms with Crippen LogP contribution in [-0.4, -0.2) is 20.8 Å². The molecule has 1 aromatic heterocycles. The van der Waals surface area contributed by atoms with Gasteiger partial charge >= 0.3 is 0 Å². The van der Waals surface area contributed by atoms with E-state index in [4.69, 9.17) is 5.73 Å². The lowest BCUT2D eigenvalue weighted by Gasteiger charge is -2.04. The minimum absolute atomic E-state index is 0.679. The Morgan fingerprint density at radius 3 is 2.93 bits per heavy atom. The SMILES string of the molecule is CS(=O)CCn1ccc2c(N)cccc21. The van der Waals surface area contributed by atoms with E-state index >= 15 is 0 Å². The van der Waals surface area contributed by atoms with Gasteiger partial charge < -0.3 is 10.3 Å². The van der Waals surface area contributed by atoms with Crippen molar-refractivity contribution < 1.29 is 4.21 Å². The number of fused-ring (bicyclic) bond motifs is 1. The topological polar surface area (TPSA) is 48.0 Å². The van der Waals surface area contributed by atoms with Crippen molar-refractivity contribution in [3.63, 3.8) is 0 Å². The molecule has 2 aromatic rings. The Kier molecular flexibility index (Phi) is 2.77. The van der Waals surface area contributed by atoms with Crippen LogP contribution in [0.15, 0.2) is 30.5 Å². The minimum Gasteiger partial charge on any atom is -0.398 e. The summed E-state index contributed by atoms with van der Waals surface area (Å²) >= 11 is 0. The van der Waals surface area contributed by atoms with Gasteiger partial charge in [-0.15, -0.1) is 0 Å². The van der Waals surface area contributed by atoms with Crippen molar-refractivity contribution in [2.75, 3.05) is 17.7 Å². The molecule has 0 amide bonds. The van der Waals surface area contributed by atoms with E-state index in [0.717, 1.165) is 23.1 Å². The first-order chi connectivity index (χ1) is 7.18. The summed E-state index contributed by atoms with van der Waals surface area (Å²) in [6, 6.07) is 7.87. The molecule has 0 spiro atoms. The van der Waals surface area contributed by atoms with Gasteiger partial charge in [-0.2, -0.15) is 0 Å². The van der Waals surface area contributed by atoms with Gasteiger partial charge in [-0.05, 0) is 18.2 Å². The summed E-state index contributed by atoms with van der Waals surface area (Å²) in [5.74, 6) is 0.679. The molecule has 0 radical (unpaired) electrons. The van der Waals surface area contributed by atoms with E-state index in [1.54, 1.807) is 6.26 Å². The molecule has 2 rings (SSSR count). The fourth-order valence-electron chi connectivity index (χ4n) is 1.67. The first-order valence-electron chi connectivity index (χ1n) is 4.82. The van der Waals surface area contributed by atoms with E-state index in [1.165, 1.54) is 0 Å². The third-order valence-electron chi connectivity index (χ3n) is 2.47. The number of nitrogens with two attached hydrogens (primary N) is 1. The predicted molar refractivity (Wildman–Crippen MR) is 65.3 cm³/mol. The average Bonchev–Trinajstić information content (AvgIpc) is 2.59. The van der Waals surface area contributed by atoms with Crippen LogP contribution < -0.4 is 5.73 Å². The lowest BCUT2D eigenvalue weighted by Crippen LogP contribution is -2.05. The Labute approximate surface area is 91.3 Å². The molecule has 0 saturated carbocycles. The fourth-order valence-corrected chi connectivity index (χ4v) is 2.12. The zero-order valence-electron chi connectivity index (χ0n) is 8.64. The van der Waals surface area contributed by atoms with Gasteiger partial charge in [0, 0.05) is 46.6 Å². The lowest BCUT2D eigenvalue weighted by atomic mass is 10.2. The van der Waals surface area contributed by atoms with Crippen molar-refractivity contribution in [2.45, 2.75) is 6.54 Å². The zero-order valence-corrected chi connectivity index (χ0v) is 9.46. The van der Waals surface area contributed by atoms with Crippen LogP contribution in [0.25, 0.3) is 10.9 Å². The highest BCUT2D eigenvalue weighted by atomic mass is 32.2. The Bertz CT molecular complexity index is 504. The average molecular weight is 222 g/mol. The molecule has 0 aliphatic rings. The number of nitrogens with zero attached hydrogens (tertiary/aromatic N) is 1. The molecule has 0 saturated heterocycles. The van der Waals surface area contributed by atoms with Gasteiger partial charge in [0.2, 0.25) is 0 Å². The van der Waals surface area contributed by atoms with E-state index in [0.29, 0.717) is 5.75 Å². The van der Waals surface area contributed by atoms with E-state index in [1.807, 2.05) is 30.5 Å². The molecular weight excluding hydrogens is 208 g/mol. The van der Waals surface area contributed by atoms with Gasteiger partial charge in [0.15, 0.2) is 0 Å². The highest BCUT2D eigenvalue weighted by Gasteiger charge is 2.03. The van der Waals surface area contributed by atoms with E-state index < -0.39 is 10.8 Å². The van der Waals surface area contributed by atoms with E-state index in [-0.39, 0.29) is 0 Å². The first kappa shape index (κ1) is 10.2. The van der Waals surface area contributed by atoms with Crippen LogP contribution in [0.3, 0.4) is 0 Å². The highest BCUT2D eigenvalue weighted by molar-refractivity contribution is 7.84. The molecule has 0 bridgehead atoms. The third-order valence-corrected chi connectivity index (χ3v) is 3.22. The molecular formula is C11H14N2OS. The van der Waals surface area contributed by atoms with Crippen LogP contribution in [0.4, 0.5) is 5.69 Å². The van der Waals surface area contributed by atoms with Gasteiger partial charge in [0.25, 0.3) is 0 Å². The summed E-state index contributed by atoms with van der Waals surface area (Å²) in [6.07, 6.45) is 3.72. The molecule has 1 aromatic carbocycles. The molecule has 4 heteroatoms. The van der Waals surface area contributed by atoms with Crippen molar-refractivity contribution in [1.82, 2.24) is 4.57 Å². The molecule has 2 N–H and O–H groups in total. The zero-order chi connectivity index (χ0) is 10.8. The monoisotopic (exact) mass is 222 g/mol. The number of rotatable bonds is 3. The van der Waals surface area contributed by atoms with Gasteiger partial charge in [-0.25, -0.2) is 0 Å². The summed E-state index contributed by atoms with van der Waals surface area (Å²) in [6.45, 7) is 0.774. The Morgan fingerprint density at radius 1 is 1.40 bits per heavy atom. The van der Waals surface area contributed by atoms with Crippen LogP contribution in [-0.2, 0) is 17.3 Å². The fraction of sp³-hybridized carbons (Fsp3) is 0.273. The Balaban J connectivity index is 2.37. The van der Waals surface area contributed by atoms with Crippen LogP contribution in [0, 0.1) is 0 Å². The summed E-state index contributed by atoms with van der Waals surface area (Å²) in [5, 5.41) is 1.07. The van der Waals surface area contributed by atoms with Crippen molar-refractivity contribution >= 4 is 27.4 Å². The number of hydrogen-bond donors (Lipinski definition) is 1. The lowest BCUT2D eigenvalue weighted by molar-refractivity contribution is 0.680. The number of benzene rings is 1. The normalized spacial score (nSPS) is 13.1. The largest absolute Gasteiger partial charge is 0.398 e. The third kappa shape index (κ3) is 2.04. The van der Waals surface area contributed by atoms with Gasteiger partial charge in [0.1, 0.15) is 0 Å². The second kappa shape index (κ2) is 4.06. The second-order valence-corrected chi connectivity index (χ2v) is 5.12. The predicted octanol–water partition coefficient (Wildman–Crippen LogP) is 1.60. The number of anilines is 1. The highest BCUT2D eigenvalue weighted by Crippen LogP contribution is 2.21. The molecule has 1 atom stereocenters. The second-order valence-electron chi connectivity index (χ2n) is 3.57. The summed E-state index contributed by atoms with van der Waals surface area (Å²) in [4.78, 5) is 0. The maximum Gasteiger partial charge on any atom is 0.0501 e. The molecule has 1 heterocycles. The first-order valence-corrected chi connectivity index (χ1v) is 6.54. The van der Waals surface area contributed by atoms with Gasteiger partial charge in [0.05, 0.1) is 5.52 Å². The molecule has 80 valence electrons. The van der Waals surface area contributed by atoms with Crippen molar-refractivity contribution in [3.8, 4) is 0 Å².